The van der Waals surface area contributed by atoms with E-state index in [9.17, 15) is 9.59 Å². The number of esters is 2. The van der Waals surface area contributed by atoms with Gasteiger partial charge in [0.25, 0.3) is 6.10 Å². The average Bonchev–Trinajstić information content (AvgIpc) is 2.38. The molecule has 0 heterocycles. The van der Waals surface area contributed by atoms with E-state index in [2.05, 4.69) is 0 Å². The Kier molecular flexibility index (Phi) is 6.61. The van der Waals surface area contributed by atoms with Gasteiger partial charge in [0.2, 0.25) is 0 Å². The van der Waals surface area contributed by atoms with Crippen LogP contribution in [-0.2, 0) is 19.1 Å². The van der Waals surface area contributed by atoms with Gasteiger partial charge in [0, 0.05) is 0 Å². The second-order valence-corrected chi connectivity index (χ2v) is 4.37. The fourth-order valence-electron chi connectivity index (χ4n) is 1.34. The van der Waals surface area contributed by atoms with Gasteiger partial charge in [-0.2, -0.15) is 0 Å². The maximum absolute atomic E-state index is 11.8. The summed E-state index contributed by atoms with van der Waals surface area (Å²) in [6, 6.07) is 4.66. The van der Waals surface area contributed by atoms with Crippen molar-refractivity contribution in [3.05, 3.63) is 28.2 Å². The van der Waals surface area contributed by atoms with E-state index < -0.39 is 18.0 Å². The summed E-state index contributed by atoms with van der Waals surface area (Å²) in [5.41, 5.74) is 0. The first-order chi connectivity index (χ1) is 9.51. The average molecular weight is 321 g/mol. The monoisotopic (exact) mass is 320 g/mol. The van der Waals surface area contributed by atoms with Gasteiger partial charge in [-0.1, -0.05) is 29.3 Å². The van der Waals surface area contributed by atoms with Gasteiger partial charge >= 0.3 is 11.9 Å². The molecule has 0 N–H and O–H groups in total. The topological polar surface area (TPSA) is 61.8 Å². The first-order valence-electron chi connectivity index (χ1n) is 5.95. The predicted molar refractivity (Wildman–Crippen MR) is 74.1 cm³/mol. The normalized spacial score (nSPS) is 10.2. The molecule has 0 aliphatic carbocycles. The van der Waals surface area contributed by atoms with Gasteiger partial charge in [0.1, 0.15) is 0 Å². The van der Waals surface area contributed by atoms with E-state index in [0.29, 0.717) is 0 Å². The van der Waals surface area contributed by atoms with Crippen molar-refractivity contribution in [1.29, 1.82) is 0 Å². The van der Waals surface area contributed by atoms with Gasteiger partial charge < -0.3 is 14.2 Å². The zero-order valence-electron chi connectivity index (χ0n) is 11.0. The van der Waals surface area contributed by atoms with Crippen LogP contribution in [0.3, 0.4) is 0 Å². The highest BCUT2D eigenvalue weighted by atomic mass is 35.5. The van der Waals surface area contributed by atoms with Crippen molar-refractivity contribution in [2.24, 2.45) is 0 Å². The number of carbonyl (C=O) groups is 2. The van der Waals surface area contributed by atoms with Crippen LogP contribution in [0.5, 0.6) is 5.75 Å². The largest absolute Gasteiger partial charge is 0.464 e. The zero-order valence-corrected chi connectivity index (χ0v) is 12.5. The van der Waals surface area contributed by atoms with Gasteiger partial charge in [-0.05, 0) is 26.0 Å². The van der Waals surface area contributed by atoms with Crippen LogP contribution in [0.4, 0.5) is 0 Å². The Morgan fingerprint density at radius 1 is 1.05 bits per heavy atom. The van der Waals surface area contributed by atoms with Crippen LogP contribution in [0.15, 0.2) is 18.2 Å². The van der Waals surface area contributed by atoms with E-state index in [-0.39, 0.29) is 29.0 Å². The first-order valence-corrected chi connectivity index (χ1v) is 6.70. The maximum atomic E-state index is 11.8. The molecule has 0 unspecified atom stereocenters. The molecule has 1 rings (SSSR count). The molecule has 0 aromatic heterocycles. The third-order valence-electron chi connectivity index (χ3n) is 2.16. The van der Waals surface area contributed by atoms with Gasteiger partial charge in [-0.3, -0.25) is 0 Å². The van der Waals surface area contributed by atoms with Gasteiger partial charge in [0.05, 0.1) is 23.3 Å². The van der Waals surface area contributed by atoms with Gasteiger partial charge in [-0.15, -0.1) is 0 Å². The SMILES string of the molecule is CCOC(=O)C(Oc1c(Cl)cccc1Cl)C(=O)OCC. The molecule has 0 spiro atoms. The molecule has 0 aliphatic rings. The molecule has 0 saturated heterocycles. The smallest absolute Gasteiger partial charge is 0.359 e. The molecule has 110 valence electrons. The molecule has 0 atom stereocenters. The lowest BCUT2D eigenvalue weighted by Gasteiger charge is -2.17. The summed E-state index contributed by atoms with van der Waals surface area (Å²) >= 11 is 11.8. The molecule has 0 radical (unpaired) electrons. The van der Waals surface area contributed by atoms with Crippen molar-refractivity contribution < 1.29 is 23.8 Å². The summed E-state index contributed by atoms with van der Waals surface area (Å²) < 4.78 is 14.8. The van der Waals surface area contributed by atoms with Crippen LogP contribution in [0.1, 0.15) is 13.8 Å². The van der Waals surface area contributed by atoms with Gasteiger partial charge in [-0.25, -0.2) is 9.59 Å². The third kappa shape index (κ3) is 4.28. The minimum Gasteiger partial charge on any atom is -0.464 e. The van der Waals surface area contributed by atoms with E-state index in [1.54, 1.807) is 19.9 Å². The molecular weight excluding hydrogens is 307 g/mol. The molecule has 0 saturated carbocycles. The minimum absolute atomic E-state index is 0.0296. The molecule has 0 bridgehead atoms. The van der Waals surface area contributed by atoms with E-state index in [1.807, 2.05) is 0 Å². The van der Waals surface area contributed by atoms with Crippen LogP contribution in [0.25, 0.3) is 0 Å². The lowest BCUT2D eigenvalue weighted by molar-refractivity contribution is -0.166. The van der Waals surface area contributed by atoms with E-state index in [0.717, 1.165) is 0 Å². The predicted octanol–water partition coefficient (Wildman–Crippen LogP) is 2.87. The number of carbonyl (C=O) groups excluding carboxylic acids is 2. The molecule has 1 aromatic carbocycles. The van der Waals surface area contributed by atoms with Crippen LogP contribution < -0.4 is 4.74 Å². The van der Waals surface area contributed by atoms with Crippen LogP contribution in [0, 0.1) is 0 Å². The van der Waals surface area contributed by atoms with Crippen molar-refractivity contribution in [3.8, 4) is 5.75 Å². The molecular formula is C13H14Cl2O5. The van der Waals surface area contributed by atoms with Crippen molar-refractivity contribution in [2.45, 2.75) is 20.0 Å². The molecule has 20 heavy (non-hydrogen) atoms. The summed E-state index contributed by atoms with van der Waals surface area (Å²) in [6.07, 6.45) is -1.56. The number of hydrogen-bond donors (Lipinski definition) is 0. The van der Waals surface area contributed by atoms with E-state index in [4.69, 9.17) is 37.4 Å². The number of hydrogen-bond acceptors (Lipinski definition) is 5. The molecule has 0 amide bonds. The Balaban J connectivity index is 3.00. The summed E-state index contributed by atoms with van der Waals surface area (Å²) in [5.74, 6) is -1.69. The van der Waals surface area contributed by atoms with Crippen molar-refractivity contribution in [2.75, 3.05) is 13.2 Å². The standard InChI is InChI=1S/C13H14Cl2O5/c1-3-18-12(16)11(13(17)19-4-2)20-10-8(14)6-5-7-9(10)15/h5-7,11H,3-4H2,1-2H3. The summed E-state index contributed by atoms with van der Waals surface area (Å²) in [5, 5.41) is 0.354. The third-order valence-corrected chi connectivity index (χ3v) is 2.75. The highest BCUT2D eigenvalue weighted by Gasteiger charge is 2.33. The number of benzene rings is 1. The van der Waals surface area contributed by atoms with Gasteiger partial charge in [0.15, 0.2) is 5.75 Å². The molecule has 0 fully saturated rings. The number of ether oxygens (including phenoxy) is 3. The summed E-state index contributed by atoms with van der Waals surface area (Å²) in [6.45, 7) is 3.44. The number of para-hydroxylation sites is 1. The van der Waals surface area contributed by atoms with Crippen molar-refractivity contribution >= 4 is 35.1 Å². The highest BCUT2D eigenvalue weighted by molar-refractivity contribution is 6.37. The summed E-state index contributed by atoms with van der Waals surface area (Å²) in [4.78, 5) is 23.5. The second kappa shape index (κ2) is 7.97. The van der Waals surface area contributed by atoms with Crippen molar-refractivity contribution in [3.63, 3.8) is 0 Å². The Morgan fingerprint density at radius 3 is 1.90 bits per heavy atom. The summed E-state index contributed by atoms with van der Waals surface area (Å²) in [7, 11) is 0. The number of halogens is 2. The Labute approximate surface area is 126 Å². The first kappa shape index (κ1) is 16.6. The lowest BCUT2D eigenvalue weighted by atomic mass is 10.3. The Morgan fingerprint density at radius 2 is 1.50 bits per heavy atom. The highest BCUT2D eigenvalue weighted by Crippen LogP contribution is 2.33. The maximum Gasteiger partial charge on any atom is 0.359 e. The molecule has 7 heteroatoms. The van der Waals surface area contributed by atoms with Crippen LogP contribution in [0.2, 0.25) is 10.0 Å². The quantitative estimate of drug-likeness (QED) is 0.595. The second-order valence-electron chi connectivity index (χ2n) is 3.55. The fourth-order valence-corrected chi connectivity index (χ4v) is 1.83. The molecule has 5 nitrogen and oxygen atoms in total. The minimum atomic E-state index is -1.56. The Hall–Kier alpha value is -1.46. The molecule has 1 aromatic rings. The molecule has 0 aliphatic heterocycles. The number of rotatable bonds is 6. The van der Waals surface area contributed by atoms with E-state index >= 15 is 0 Å². The van der Waals surface area contributed by atoms with Crippen LogP contribution in [-0.4, -0.2) is 31.3 Å². The zero-order chi connectivity index (χ0) is 15.1. The lowest BCUT2D eigenvalue weighted by Crippen LogP contribution is -2.38. The van der Waals surface area contributed by atoms with Crippen LogP contribution >= 0.6 is 23.2 Å². The van der Waals surface area contributed by atoms with E-state index in [1.165, 1.54) is 12.1 Å². The van der Waals surface area contributed by atoms with Crippen molar-refractivity contribution in [1.82, 2.24) is 0 Å². The fraction of sp³-hybridized carbons (Fsp3) is 0.385. The Bertz CT molecular complexity index is 451.